The fraction of sp³-hybridized carbons (Fsp3) is 0.500. The van der Waals surface area contributed by atoms with Gasteiger partial charge in [-0.1, -0.05) is 0 Å². The molecule has 0 saturated carbocycles. The van der Waals surface area contributed by atoms with Crippen LogP contribution in [0.3, 0.4) is 0 Å². The highest BCUT2D eigenvalue weighted by molar-refractivity contribution is 7.89. The Morgan fingerprint density at radius 3 is 2.00 bits per heavy atom. The summed E-state index contributed by atoms with van der Waals surface area (Å²) in [6, 6.07) is -0.877. The highest BCUT2D eigenvalue weighted by Crippen LogP contribution is 2.03. The van der Waals surface area contributed by atoms with E-state index in [1.54, 1.807) is 0 Å². The molecule has 15 heavy (non-hydrogen) atoms. The smallest absolute Gasteiger partial charge is 0.338 e. The monoisotopic (exact) mass is 238 g/mol. The number of amides is 3. The number of nitrogens with one attached hydrogen (secondary N) is 1. The number of carbonyl (C=O) groups excluding carboxylic acids is 2. The standard InChI is InChI=1S/C4H6N2O4S.C2H4O2/c1-11(9,10)6-3(7)2-5-4(6)8;1-2(3)4/h2H2,1H3,(H,5,8);1H3,(H,3,4). The molecule has 0 bridgehead atoms. The molecule has 1 fully saturated rings. The van der Waals surface area contributed by atoms with E-state index in [2.05, 4.69) is 5.32 Å². The van der Waals surface area contributed by atoms with Gasteiger partial charge in [0.1, 0.15) is 6.54 Å². The predicted molar refractivity (Wildman–Crippen MR) is 48.4 cm³/mol. The molecule has 0 aromatic rings. The quantitative estimate of drug-likeness (QED) is 0.541. The number of sulfonamides is 1. The lowest BCUT2D eigenvalue weighted by atomic mass is 10.7. The minimum absolute atomic E-state index is 0.215. The molecule has 0 aliphatic carbocycles. The SMILES string of the molecule is CC(=O)O.CS(=O)(=O)N1C(=O)CNC1=O. The van der Waals surface area contributed by atoms with Crippen molar-refractivity contribution in [1.29, 1.82) is 0 Å². The van der Waals surface area contributed by atoms with Crippen LogP contribution in [0.1, 0.15) is 6.92 Å². The number of hydrogen-bond donors (Lipinski definition) is 2. The molecule has 9 heteroatoms. The minimum atomic E-state index is -3.73. The van der Waals surface area contributed by atoms with Crippen LogP contribution in [-0.4, -0.2) is 48.5 Å². The van der Waals surface area contributed by atoms with Crippen LogP contribution in [0.5, 0.6) is 0 Å². The van der Waals surface area contributed by atoms with Crippen LogP contribution < -0.4 is 5.32 Å². The highest BCUT2D eigenvalue weighted by Gasteiger charge is 2.35. The predicted octanol–water partition coefficient (Wildman–Crippen LogP) is -1.41. The Bertz CT molecular complexity index is 366. The van der Waals surface area contributed by atoms with Crippen LogP contribution >= 0.6 is 0 Å². The number of carboxylic acids is 1. The van der Waals surface area contributed by atoms with Gasteiger partial charge in [0.15, 0.2) is 0 Å². The van der Waals surface area contributed by atoms with Crippen LogP contribution in [0, 0.1) is 0 Å². The molecule has 1 aliphatic rings. The van der Waals surface area contributed by atoms with Crippen molar-refractivity contribution in [3.8, 4) is 0 Å². The van der Waals surface area contributed by atoms with Crippen molar-refractivity contribution in [3.05, 3.63) is 0 Å². The first-order valence-corrected chi connectivity index (χ1v) is 5.51. The number of hydrogen-bond acceptors (Lipinski definition) is 5. The Morgan fingerprint density at radius 2 is 1.87 bits per heavy atom. The molecule has 1 heterocycles. The third-order valence-electron chi connectivity index (χ3n) is 1.13. The second-order valence-electron chi connectivity index (χ2n) is 2.60. The molecular weight excluding hydrogens is 228 g/mol. The zero-order valence-corrected chi connectivity index (χ0v) is 8.87. The van der Waals surface area contributed by atoms with Gasteiger partial charge in [-0.25, -0.2) is 13.2 Å². The van der Waals surface area contributed by atoms with Gasteiger partial charge >= 0.3 is 6.03 Å². The first-order chi connectivity index (χ1) is 6.66. The highest BCUT2D eigenvalue weighted by atomic mass is 32.2. The van der Waals surface area contributed by atoms with Gasteiger partial charge in [-0.15, -0.1) is 0 Å². The fourth-order valence-electron chi connectivity index (χ4n) is 0.744. The van der Waals surface area contributed by atoms with E-state index in [9.17, 15) is 18.0 Å². The van der Waals surface area contributed by atoms with Gasteiger partial charge in [0.2, 0.25) is 10.0 Å². The maximum Gasteiger partial charge on any atom is 0.338 e. The molecular formula is C6H10N2O6S. The molecule has 0 atom stereocenters. The second-order valence-corrected chi connectivity index (χ2v) is 4.43. The molecule has 1 saturated heterocycles. The van der Waals surface area contributed by atoms with Crippen molar-refractivity contribution < 1.29 is 27.9 Å². The number of carbonyl (C=O) groups is 3. The zero-order valence-electron chi connectivity index (χ0n) is 8.05. The lowest BCUT2D eigenvalue weighted by Crippen LogP contribution is -2.35. The Kier molecular flexibility index (Phi) is 4.21. The average molecular weight is 238 g/mol. The fourth-order valence-corrected chi connectivity index (χ4v) is 1.54. The number of urea groups is 1. The Balaban J connectivity index is 0.000000423. The summed E-state index contributed by atoms with van der Waals surface area (Å²) in [5.74, 6) is -1.57. The third-order valence-corrected chi connectivity index (χ3v) is 2.17. The molecule has 0 unspecified atom stereocenters. The summed E-state index contributed by atoms with van der Waals surface area (Å²) < 4.78 is 21.6. The lowest BCUT2D eigenvalue weighted by molar-refractivity contribution is -0.134. The summed E-state index contributed by atoms with van der Waals surface area (Å²) >= 11 is 0. The molecule has 0 radical (unpaired) electrons. The van der Waals surface area contributed by atoms with E-state index in [0.717, 1.165) is 13.2 Å². The van der Waals surface area contributed by atoms with Crippen molar-refractivity contribution in [2.24, 2.45) is 0 Å². The molecule has 0 aromatic carbocycles. The van der Waals surface area contributed by atoms with Crippen molar-refractivity contribution in [2.45, 2.75) is 6.92 Å². The summed E-state index contributed by atoms with van der Waals surface area (Å²) in [6.45, 7) is 0.839. The summed E-state index contributed by atoms with van der Waals surface area (Å²) in [5, 5.41) is 9.50. The van der Waals surface area contributed by atoms with Gasteiger partial charge in [-0.05, 0) is 0 Å². The van der Waals surface area contributed by atoms with E-state index in [1.807, 2.05) is 0 Å². The molecule has 86 valence electrons. The molecule has 0 spiro atoms. The van der Waals surface area contributed by atoms with Crippen molar-refractivity contribution in [3.63, 3.8) is 0 Å². The van der Waals surface area contributed by atoms with E-state index in [-0.39, 0.29) is 10.8 Å². The van der Waals surface area contributed by atoms with Gasteiger partial charge < -0.3 is 10.4 Å². The minimum Gasteiger partial charge on any atom is -0.481 e. The summed E-state index contributed by atoms with van der Waals surface area (Å²) in [5.41, 5.74) is 0. The topological polar surface area (TPSA) is 121 Å². The third kappa shape index (κ3) is 4.40. The first-order valence-electron chi connectivity index (χ1n) is 3.66. The second kappa shape index (κ2) is 4.73. The number of nitrogens with zero attached hydrogens (tertiary/aromatic N) is 1. The van der Waals surface area contributed by atoms with Gasteiger partial charge in [-0.3, -0.25) is 9.59 Å². The van der Waals surface area contributed by atoms with E-state index in [0.29, 0.717) is 0 Å². The van der Waals surface area contributed by atoms with Crippen LogP contribution in [0.25, 0.3) is 0 Å². The Labute approximate surface area is 85.9 Å². The van der Waals surface area contributed by atoms with Crippen LogP contribution in [0.4, 0.5) is 4.79 Å². The Hall–Kier alpha value is -1.64. The van der Waals surface area contributed by atoms with Crippen LogP contribution in [0.15, 0.2) is 0 Å². The normalized spacial score (nSPS) is 15.5. The van der Waals surface area contributed by atoms with E-state index < -0.39 is 27.9 Å². The van der Waals surface area contributed by atoms with Crippen LogP contribution in [0.2, 0.25) is 0 Å². The number of rotatable bonds is 1. The largest absolute Gasteiger partial charge is 0.481 e. The molecule has 3 amide bonds. The van der Waals surface area contributed by atoms with E-state index >= 15 is 0 Å². The average Bonchev–Trinajstić information content (AvgIpc) is 2.27. The van der Waals surface area contributed by atoms with Gasteiger partial charge in [0.25, 0.3) is 11.9 Å². The maximum atomic E-state index is 10.7. The van der Waals surface area contributed by atoms with Crippen LogP contribution in [-0.2, 0) is 19.6 Å². The van der Waals surface area contributed by atoms with Crippen molar-refractivity contribution in [1.82, 2.24) is 9.62 Å². The first kappa shape index (κ1) is 13.4. The number of carboxylic acid groups (broad SMARTS) is 1. The molecule has 8 nitrogen and oxygen atoms in total. The Morgan fingerprint density at radius 1 is 1.47 bits per heavy atom. The van der Waals surface area contributed by atoms with Crippen molar-refractivity contribution >= 4 is 27.9 Å². The van der Waals surface area contributed by atoms with Gasteiger partial charge in [0, 0.05) is 6.92 Å². The summed E-state index contributed by atoms with van der Waals surface area (Å²) in [7, 11) is -3.73. The van der Waals surface area contributed by atoms with Gasteiger partial charge in [-0.2, -0.15) is 4.31 Å². The molecule has 0 aromatic heterocycles. The summed E-state index contributed by atoms with van der Waals surface area (Å²) in [4.78, 5) is 30.3. The molecule has 2 N–H and O–H groups in total. The zero-order chi connectivity index (χ0) is 12.2. The number of aliphatic carboxylic acids is 1. The lowest BCUT2D eigenvalue weighted by Gasteiger charge is -2.07. The molecule has 1 aliphatic heterocycles. The van der Waals surface area contributed by atoms with Crippen molar-refractivity contribution in [2.75, 3.05) is 12.8 Å². The number of imide groups is 1. The van der Waals surface area contributed by atoms with E-state index in [4.69, 9.17) is 9.90 Å². The maximum absolute atomic E-state index is 10.7. The van der Waals surface area contributed by atoms with Gasteiger partial charge in [0.05, 0.1) is 6.26 Å². The van der Waals surface area contributed by atoms with E-state index in [1.165, 1.54) is 0 Å². The summed E-state index contributed by atoms with van der Waals surface area (Å²) in [6.07, 6.45) is 0.801. The molecule has 1 rings (SSSR count).